The molecule has 4 rings (SSSR count). The van der Waals surface area contributed by atoms with Crippen molar-refractivity contribution in [1.29, 1.82) is 0 Å². The van der Waals surface area contributed by atoms with Gasteiger partial charge >= 0.3 is 11.8 Å². The number of nitrogens with zero attached hydrogens (tertiary/aromatic N) is 1. The van der Waals surface area contributed by atoms with Gasteiger partial charge in [-0.25, -0.2) is 0 Å². The molecule has 28 heavy (non-hydrogen) atoms. The highest BCUT2D eigenvalue weighted by Gasteiger charge is 2.27. The van der Waals surface area contributed by atoms with Gasteiger partial charge in [0.2, 0.25) is 0 Å². The summed E-state index contributed by atoms with van der Waals surface area (Å²) in [7, 11) is 0. The molecule has 0 aliphatic carbocycles. The second-order valence-electron chi connectivity index (χ2n) is 7.22. The Labute approximate surface area is 168 Å². The molecule has 7 heteroatoms. The summed E-state index contributed by atoms with van der Waals surface area (Å²) >= 11 is 5.06. The van der Waals surface area contributed by atoms with E-state index in [-0.39, 0.29) is 0 Å². The summed E-state index contributed by atoms with van der Waals surface area (Å²) in [4.78, 5) is 32.6. The molecule has 3 N–H and O–H groups in total. The van der Waals surface area contributed by atoms with Crippen LogP contribution >= 0.6 is 12.2 Å². The Morgan fingerprint density at radius 2 is 1.75 bits per heavy atom. The van der Waals surface area contributed by atoms with Gasteiger partial charge in [0, 0.05) is 18.8 Å². The number of nitrogens with one attached hydrogen (secondary N) is 3. The first-order valence-corrected chi connectivity index (χ1v) is 9.85. The van der Waals surface area contributed by atoms with E-state index in [4.69, 9.17) is 12.2 Å². The molecule has 3 aromatic rings. The molecule has 0 radical (unpaired) electrons. The van der Waals surface area contributed by atoms with E-state index in [1.807, 2.05) is 12.1 Å². The van der Waals surface area contributed by atoms with E-state index in [2.05, 4.69) is 39.6 Å². The van der Waals surface area contributed by atoms with Crippen molar-refractivity contribution in [3.8, 4) is 0 Å². The van der Waals surface area contributed by atoms with Crippen LogP contribution in [0, 0.1) is 10.7 Å². The van der Waals surface area contributed by atoms with Crippen molar-refractivity contribution in [1.82, 2.24) is 14.9 Å². The minimum Gasteiger partial charge on any atom is -0.334 e. The Morgan fingerprint density at radius 3 is 2.50 bits per heavy atom. The predicted molar refractivity (Wildman–Crippen MR) is 112 cm³/mol. The van der Waals surface area contributed by atoms with Crippen molar-refractivity contribution in [2.45, 2.75) is 19.3 Å². The number of aromatic amines is 2. The second-order valence-corrected chi connectivity index (χ2v) is 7.63. The number of piperidine rings is 1. The Kier molecular flexibility index (Phi) is 5.25. The van der Waals surface area contributed by atoms with Crippen LogP contribution in [-0.2, 0) is 16.0 Å². The summed E-state index contributed by atoms with van der Waals surface area (Å²) in [6.45, 7) is 1.24. The standard InChI is InChI=1S/C21H22N4O2S/c26-19(22-16-6-7-17-18(13-16)24-21(28)23-17)20(27)25-10-8-15(9-11-25)12-14-4-2-1-3-5-14/h1-7,13,15H,8-12H2,(H,22,26)(H2,23,24,28). The number of amides is 2. The summed E-state index contributed by atoms with van der Waals surface area (Å²) in [5.41, 5.74) is 3.53. The molecule has 2 amide bonds. The number of hydrogen-bond donors (Lipinski definition) is 3. The minimum absolute atomic E-state index is 0.472. The van der Waals surface area contributed by atoms with Crippen molar-refractivity contribution < 1.29 is 9.59 Å². The van der Waals surface area contributed by atoms with E-state index >= 15 is 0 Å². The number of H-pyrrole nitrogens is 2. The fraction of sp³-hybridized carbons (Fsp3) is 0.286. The summed E-state index contributed by atoms with van der Waals surface area (Å²) < 4.78 is 0.521. The molecule has 1 aliphatic rings. The van der Waals surface area contributed by atoms with Crippen LogP contribution in [0.2, 0.25) is 0 Å². The van der Waals surface area contributed by atoms with E-state index in [1.165, 1.54) is 5.56 Å². The van der Waals surface area contributed by atoms with Crippen LogP contribution in [0.4, 0.5) is 5.69 Å². The van der Waals surface area contributed by atoms with Gasteiger partial charge in [-0.2, -0.15) is 0 Å². The number of hydrogen-bond acceptors (Lipinski definition) is 3. The molecule has 6 nitrogen and oxygen atoms in total. The SMILES string of the molecule is O=C(Nc1ccc2[nH]c(=S)[nH]c2c1)C(=O)N1CCC(Cc2ccccc2)CC1. The first-order valence-electron chi connectivity index (χ1n) is 9.45. The number of carbonyl (C=O) groups excluding carboxylic acids is 2. The summed E-state index contributed by atoms with van der Waals surface area (Å²) in [6, 6.07) is 15.7. The van der Waals surface area contributed by atoms with Gasteiger partial charge in [0.05, 0.1) is 11.0 Å². The zero-order chi connectivity index (χ0) is 19.5. The molecule has 0 unspecified atom stereocenters. The number of aromatic nitrogens is 2. The van der Waals surface area contributed by atoms with E-state index in [9.17, 15) is 9.59 Å². The van der Waals surface area contributed by atoms with Crippen LogP contribution in [0.3, 0.4) is 0 Å². The molecule has 0 saturated carbocycles. The molecule has 2 aromatic carbocycles. The van der Waals surface area contributed by atoms with Crippen molar-refractivity contribution in [3.05, 3.63) is 58.9 Å². The molecule has 1 aliphatic heterocycles. The zero-order valence-electron chi connectivity index (χ0n) is 15.4. The minimum atomic E-state index is -0.602. The average molecular weight is 395 g/mol. The molecular formula is C21H22N4O2S. The number of benzene rings is 2. The van der Waals surface area contributed by atoms with Gasteiger partial charge in [-0.1, -0.05) is 30.3 Å². The van der Waals surface area contributed by atoms with Gasteiger partial charge in [0.15, 0.2) is 4.77 Å². The first kappa shape index (κ1) is 18.4. The quantitative estimate of drug-likeness (QED) is 0.469. The van der Waals surface area contributed by atoms with Crippen LogP contribution in [-0.4, -0.2) is 39.8 Å². The highest BCUT2D eigenvalue weighted by atomic mass is 32.1. The fourth-order valence-electron chi connectivity index (χ4n) is 3.73. The number of likely N-dealkylation sites (tertiary alicyclic amines) is 1. The third-order valence-electron chi connectivity index (χ3n) is 5.24. The topological polar surface area (TPSA) is 81.0 Å². The van der Waals surface area contributed by atoms with Crippen LogP contribution in [0.15, 0.2) is 48.5 Å². The van der Waals surface area contributed by atoms with Gasteiger partial charge in [-0.05, 0) is 61.2 Å². The molecule has 0 atom stereocenters. The van der Waals surface area contributed by atoms with Crippen molar-refractivity contribution >= 4 is 40.8 Å². The lowest BCUT2D eigenvalue weighted by Gasteiger charge is -2.31. The van der Waals surface area contributed by atoms with Crippen LogP contribution in [0.1, 0.15) is 18.4 Å². The Morgan fingerprint density at radius 1 is 1.04 bits per heavy atom. The van der Waals surface area contributed by atoms with Crippen molar-refractivity contribution in [2.75, 3.05) is 18.4 Å². The largest absolute Gasteiger partial charge is 0.334 e. The number of anilines is 1. The maximum atomic E-state index is 12.5. The summed E-state index contributed by atoms with van der Waals surface area (Å²) in [6.07, 6.45) is 2.85. The molecule has 1 aromatic heterocycles. The number of carbonyl (C=O) groups is 2. The third kappa shape index (κ3) is 4.14. The molecule has 144 valence electrons. The number of rotatable bonds is 3. The van der Waals surface area contributed by atoms with E-state index in [0.717, 1.165) is 30.3 Å². The van der Waals surface area contributed by atoms with Gasteiger partial charge in [0.1, 0.15) is 0 Å². The van der Waals surface area contributed by atoms with E-state index in [1.54, 1.807) is 17.0 Å². The smallest absolute Gasteiger partial charge is 0.313 e. The van der Waals surface area contributed by atoms with Crippen molar-refractivity contribution in [2.24, 2.45) is 5.92 Å². The van der Waals surface area contributed by atoms with Gasteiger partial charge in [0.25, 0.3) is 0 Å². The molecule has 0 bridgehead atoms. The van der Waals surface area contributed by atoms with E-state index < -0.39 is 11.8 Å². The molecule has 1 fully saturated rings. The van der Waals surface area contributed by atoms with Gasteiger partial charge in [-0.15, -0.1) is 0 Å². The highest BCUT2D eigenvalue weighted by molar-refractivity contribution is 7.71. The molecule has 1 saturated heterocycles. The lowest BCUT2D eigenvalue weighted by atomic mass is 9.90. The average Bonchev–Trinajstić information content (AvgIpc) is 3.08. The molecule has 2 heterocycles. The van der Waals surface area contributed by atoms with Crippen LogP contribution in [0.25, 0.3) is 11.0 Å². The normalized spacial score (nSPS) is 14.9. The highest BCUT2D eigenvalue weighted by Crippen LogP contribution is 2.22. The van der Waals surface area contributed by atoms with E-state index in [0.29, 0.717) is 29.5 Å². The maximum absolute atomic E-state index is 12.5. The Hall–Kier alpha value is -2.93. The summed E-state index contributed by atoms with van der Waals surface area (Å²) in [5, 5.41) is 2.69. The van der Waals surface area contributed by atoms with Crippen molar-refractivity contribution in [3.63, 3.8) is 0 Å². The monoisotopic (exact) mass is 394 g/mol. The Balaban J connectivity index is 1.32. The lowest BCUT2D eigenvalue weighted by Crippen LogP contribution is -2.44. The zero-order valence-corrected chi connectivity index (χ0v) is 16.2. The predicted octanol–water partition coefficient (Wildman–Crippen LogP) is 3.65. The summed E-state index contributed by atoms with van der Waals surface area (Å²) in [5.74, 6) is -0.524. The Bertz CT molecular complexity index is 1050. The first-order chi connectivity index (χ1) is 13.6. The molecular weight excluding hydrogens is 372 g/mol. The fourth-order valence-corrected chi connectivity index (χ4v) is 3.95. The van der Waals surface area contributed by atoms with Crippen LogP contribution < -0.4 is 5.32 Å². The van der Waals surface area contributed by atoms with Gasteiger partial charge in [-0.3, -0.25) is 9.59 Å². The lowest BCUT2D eigenvalue weighted by molar-refractivity contribution is -0.144. The maximum Gasteiger partial charge on any atom is 0.313 e. The van der Waals surface area contributed by atoms with Gasteiger partial charge < -0.3 is 20.2 Å². The number of imidazole rings is 1. The second kappa shape index (κ2) is 7.98. The van der Waals surface area contributed by atoms with Crippen LogP contribution in [0.5, 0.6) is 0 Å². The third-order valence-corrected chi connectivity index (χ3v) is 5.44. The number of fused-ring (bicyclic) bond motifs is 1. The molecule has 0 spiro atoms.